The number of aliphatic carboxylic acids is 1. The van der Waals surface area contributed by atoms with Crippen LogP contribution in [0, 0.1) is 23.7 Å². The summed E-state index contributed by atoms with van der Waals surface area (Å²) in [5.74, 6) is -0.116. The lowest BCUT2D eigenvalue weighted by Crippen LogP contribution is -2.44. The van der Waals surface area contributed by atoms with Crippen LogP contribution < -0.4 is 16.4 Å². The third kappa shape index (κ3) is 14.4. The number of hydrogen-bond acceptors (Lipinski definition) is 10. The first-order valence-electron chi connectivity index (χ1n) is 17.3. The Morgan fingerprint density at radius 1 is 1.14 bits per heavy atom. The fourth-order valence-electron chi connectivity index (χ4n) is 5.28. The van der Waals surface area contributed by atoms with Gasteiger partial charge in [-0.1, -0.05) is 39.3 Å². The molecule has 2 rings (SSSR count). The first kappa shape index (κ1) is 42.8. The molecule has 0 saturated heterocycles. The highest BCUT2D eigenvalue weighted by molar-refractivity contribution is 7.09. The smallest absolute Gasteiger partial charge is 0.309 e. The van der Waals surface area contributed by atoms with E-state index in [2.05, 4.69) is 21.5 Å². The molecule has 5 N–H and O–H groups in total. The normalized spacial score (nSPS) is 13.1. The second-order valence-corrected chi connectivity index (χ2v) is 14.3. The number of terminal acetylenes is 1. The van der Waals surface area contributed by atoms with Gasteiger partial charge in [0.15, 0.2) is 6.10 Å². The molecule has 3 unspecified atom stereocenters. The molecule has 1 aromatic carbocycles. The third-order valence-corrected chi connectivity index (χ3v) is 9.06. The number of carboxylic acids is 1. The van der Waals surface area contributed by atoms with Crippen LogP contribution in [0.5, 0.6) is 0 Å². The molecule has 0 spiro atoms. The average Bonchev–Trinajstić information content (AvgIpc) is 3.57. The summed E-state index contributed by atoms with van der Waals surface area (Å²) in [5, 5.41) is 18.8. The minimum absolute atomic E-state index is 0.0765. The number of nitrogens with one attached hydrogen (secondary N) is 2. The van der Waals surface area contributed by atoms with Gasteiger partial charge in [-0.3, -0.25) is 28.8 Å². The minimum atomic E-state index is -1.16. The van der Waals surface area contributed by atoms with Crippen LogP contribution in [-0.2, 0) is 35.2 Å². The van der Waals surface area contributed by atoms with E-state index in [4.69, 9.17) is 21.7 Å². The number of amides is 3. The fraction of sp³-hybridized carbons (Fsp3) is 0.568. The summed E-state index contributed by atoms with van der Waals surface area (Å²) >= 11 is 1.14. The number of nitrogens with zero attached hydrogens (tertiary/aromatic N) is 2. The topological polar surface area (TPSA) is 190 Å². The molecule has 0 saturated carbocycles. The number of nitrogens with two attached hydrogens (primary N) is 1. The highest BCUT2D eigenvalue weighted by Crippen LogP contribution is 2.32. The third-order valence-electron chi connectivity index (χ3n) is 8.13. The number of esters is 1. The summed E-state index contributed by atoms with van der Waals surface area (Å²) in [6.45, 7) is 10.4. The van der Waals surface area contributed by atoms with Gasteiger partial charge in [-0.2, -0.15) is 0 Å². The number of thiazole rings is 1. The molecular weight excluding hydrogens is 675 g/mol. The second kappa shape index (κ2) is 21.1. The number of benzene rings is 1. The summed E-state index contributed by atoms with van der Waals surface area (Å²) in [4.78, 5) is 73.4. The number of carboxylic acid groups (broad SMARTS) is 1. The van der Waals surface area contributed by atoms with Crippen molar-refractivity contribution in [2.45, 2.75) is 111 Å². The molecule has 280 valence electrons. The molecule has 1 aromatic heterocycles. The largest absolute Gasteiger partial charge is 0.481 e. The lowest BCUT2D eigenvalue weighted by molar-refractivity contribution is -0.210. The molecule has 0 aliphatic carbocycles. The Bertz CT molecular complexity index is 1500. The van der Waals surface area contributed by atoms with Crippen LogP contribution in [-0.4, -0.2) is 70.0 Å². The van der Waals surface area contributed by atoms with Crippen molar-refractivity contribution in [3.05, 3.63) is 45.9 Å². The summed E-state index contributed by atoms with van der Waals surface area (Å²) in [6.07, 6.45) is 8.00. The number of rotatable bonds is 22. The molecule has 13 nitrogen and oxygen atoms in total. The van der Waals surface area contributed by atoms with Crippen LogP contribution in [0.15, 0.2) is 29.6 Å². The lowest BCUT2D eigenvalue weighted by Gasteiger charge is -2.35. The van der Waals surface area contributed by atoms with E-state index in [-0.39, 0.29) is 49.4 Å². The van der Waals surface area contributed by atoms with Crippen LogP contribution in [0.4, 0.5) is 5.69 Å². The van der Waals surface area contributed by atoms with Crippen molar-refractivity contribution in [3.63, 3.8) is 0 Å². The van der Waals surface area contributed by atoms with E-state index >= 15 is 0 Å². The number of hydroxylamine groups is 2. The Labute approximate surface area is 305 Å². The Kier molecular flexibility index (Phi) is 17.8. The highest BCUT2D eigenvalue weighted by Gasteiger charge is 2.35. The van der Waals surface area contributed by atoms with Gasteiger partial charge in [-0.25, -0.2) is 10.0 Å². The van der Waals surface area contributed by atoms with E-state index in [0.29, 0.717) is 42.8 Å². The van der Waals surface area contributed by atoms with Crippen LogP contribution in [0.2, 0.25) is 0 Å². The number of hydrogen-bond donors (Lipinski definition) is 4. The van der Waals surface area contributed by atoms with Crippen molar-refractivity contribution in [2.24, 2.45) is 17.1 Å². The van der Waals surface area contributed by atoms with Gasteiger partial charge in [-0.05, 0) is 63.1 Å². The quantitative estimate of drug-likeness (QED) is 0.0538. The number of carbonyl (C=O) groups is 5. The molecule has 51 heavy (non-hydrogen) atoms. The number of aromatic nitrogens is 1. The molecule has 14 heteroatoms. The molecule has 2 aromatic rings. The van der Waals surface area contributed by atoms with Crippen LogP contribution in [0.1, 0.15) is 114 Å². The monoisotopic (exact) mass is 727 g/mol. The van der Waals surface area contributed by atoms with Gasteiger partial charge in [0.1, 0.15) is 10.7 Å². The molecule has 0 aliphatic rings. The van der Waals surface area contributed by atoms with Gasteiger partial charge in [0.2, 0.25) is 11.8 Å². The number of ether oxygens (including phenoxy) is 1. The molecule has 3 amide bonds. The summed E-state index contributed by atoms with van der Waals surface area (Å²) < 4.78 is 5.72. The fourth-order valence-corrected chi connectivity index (χ4v) is 6.12. The van der Waals surface area contributed by atoms with Gasteiger partial charge in [-0.15, -0.1) is 23.7 Å². The molecule has 0 radical (unpaired) electrons. The standard InChI is InChI=1S/C37H53N5O8S/c1-8-10-12-18-49-42(33(45)13-11-9-2)30(24(3)4)20-31(50-25(5)43)35-41-29(23-51-35)34(46)40-28(21-37(6,7)36(47)48)19-26-14-16-27(17-15-26)39-32(44)22-38/h1,14-17,23-24,28,30-31H,9-13,18-22,38H2,2-7H3,(H,39,44)(H,40,46)(H,47,48). The van der Waals surface area contributed by atoms with E-state index in [9.17, 15) is 29.1 Å². The minimum Gasteiger partial charge on any atom is -0.481 e. The van der Waals surface area contributed by atoms with Gasteiger partial charge in [0.25, 0.3) is 5.91 Å². The molecule has 0 aliphatic heterocycles. The van der Waals surface area contributed by atoms with Gasteiger partial charge >= 0.3 is 11.9 Å². The zero-order valence-electron chi connectivity index (χ0n) is 30.5. The van der Waals surface area contributed by atoms with Crippen LogP contribution in [0.25, 0.3) is 0 Å². The first-order valence-corrected chi connectivity index (χ1v) is 18.1. The molecule has 3 atom stereocenters. The van der Waals surface area contributed by atoms with Gasteiger partial charge in [0.05, 0.1) is 24.6 Å². The first-order chi connectivity index (χ1) is 24.1. The SMILES string of the molecule is C#CCCCON(C(=O)CCCC)C(CC(OC(C)=O)c1nc(C(=O)NC(Cc2ccc(NC(=O)CN)cc2)CC(C)(C)C(=O)O)cs1)C(C)C. The molecule has 0 bridgehead atoms. The van der Waals surface area contributed by atoms with Crippen molar-refractivity contribution in [1.82, 2.24) is 15.4 Å². The summed E-state index contributed by atoms with van der Waals surface area (Å²) in [5.41, 5.74) is 5.66. The van der Waals surface area contributed by atoms with E-state index < -0.39 is 41.4 Å². The summed E-state index contributed by atoms with van der Waals surface area (Å²) in [7, 11) is 0. The molecule has 0 fully saturated rings. The lowest BCUT2D eigenvalue weighted by atomic mass is 9.84. The number of anilines is 1. The van der Waals surface area contributed by atoms with Crippen molar-refractivity contribution in [3.8, 4) is 12.3 Å². The average molecular weight is 728 g/mol. The zero-order chi connectivity index (χ0) is 38.1. The molecule has 1 heterocycles. The van der Waals surface area contributed by atoms with E-state index in [1.165, 1.54) is 12.0 Å². The van der Waals surface area contributed by atoms with Crippen molar-refractivity contribution in [1.29, 1.82) is 0 Å². The Morgan fingerprint density at radius 3 is 2.39 bits per heavy atom. The predicted molar refractivity (Wildman–Crippen MR) is 195 cm³/mol. The predicted octanol–water partition coefficient (Wildman–Crippen LogP) is 5.27. The van der Waals surface area contributed by atoms with Crippen LogP contribution >= 0.6 is 11.3 Å². The van der Waals surface area contributed by atoms with E-state index in [1.807, 2.05) is 20.8 Å². The highest BCUT2D eigenvalue weighted by atomic mass is 32.1. The maximum absolute atomic E-state index is 13.6. The second-order valence-electron chi connectivity index (χ2n) is 13.4. The Balaban J connectivity index is 2.35. The van der Waals surface area contributed by atoms with E-state index in [1.54, 1.807) is 43.5 Å². The van der Waals surface area contributed by atoms with Crippen LogP contribution in [0.3, 0.4) is 0 Å². The van der Waals surface area contributed by atoms with Gasteiger partial charge < -0.3 is 26.2 Å². The molecular formula is C37H53N5O8S. The number of unbranched alkanes of at least 4 members (excludes halogenated alkanes) is 2. The zero-order valence-corrected chi connectivity index (χ0v) is 31.3. The van der Waals surface area contributed by atoms with Gasteiger partial charge in [0, 0.05) is 43.3 Å². The van der Waals surface area contributed by atoms with Crippen molar-refractivity contribution >= 4 is 46.7 Å². The van der Waals surface area contributed by atoms with Crippen molar-refractivity contribution in [2.75, 3.05) is 18.5 Å². The number of carbonyl (C=O) groups excluding carboxylic acids is 4. The maximum Gasteiger partial charge on any atom is 0.309 e. The Hall–Kier alpha value is -4.32. The Morgan fingerprint density at radius 2 is 1.82 bits per heavy atom. The van der Waals surface area contributed by atoms with E-state index in [0.717, 1.165) is 23.3 Å². The van der Waals surface area contributed by atoms with Crippen molar-refractivity contribution < 1.29 is 38.7 Å². The summed E-state index contributed by atoms with van der Waals surface area (Å²) in [6, 6.07) is 5.90. The maximum atomic E-state index is 13.6.